The molecule has 1 saturated heterocycles. The quantitative estimate of drug-likeness (QED) is 0.599. The van der Waals surface area contributed by atoms with Crippen molar-refractivity contribution in [2.75, 3.05) is 30.6 Å². The predicted octanol–water partition coefficient (Wildman–Crippen LogP) is 3.41. The molecule has 0 aliphatic carbocycles. The largest absolute Gasteiger partial charge is 0.339 e. The molecule has 1 aliphatic rings. The maximum Gasteiger partial charge on any atom is 0.253 e. The highest BCUT2D eigenvalue weighted by atomic mass is 32.2. The highest BCUT2D eigenvalue weighted by Gasteiger charge is 2.19. The molecule has 1 heterocycles. The standard InChI is InChI=1S/C23H31N3O3S/c1-30(28,29)25-22-16-20(18-24-12-8-11-19-9-4-2-5-10-19)15-21(17-22)23(27)26-13-6-3-7-14-26/h2,4-5,9-10,15-17,24-25H,3,6-8,11-14,18H2,1H3. The first kappa shape index (κ1) is 22.3. The van der Waals surface area contributed by atoms with Gasteiger partial charge in [-0.1, -0.05) is 30.3 Å². The molecule has 0 bridgehead atoms. The number of nitrogens with zero attached hydrogens (tertiary/aromatic N) is 1. The van der Waals surface area contributed by atoms with E-state index in [0.29, 0.717) is 17.8 Å². The lowest BCUT2D eigenvalue weighted by molar-refractivity contribution is 0.0724. The van der Waals surface area contributed by atoms with E-state index in [1.165, 1.54) is 5.56 Å². The summed E-state index contributed by atoms with van der Waals surface area (Å²) in [5.74, 6) is -0.0304. The Kier molecular flexibility index (Phi) is 7.87. The van der Waals surface area contributed by atoms with Crippen molar-refractivity contribution in [2.24, 2.45) is 0 Å². The third-order valence-corrected chi connectivity index (χ3v) is 5.78. The van der Waals surface area contributed by atoms with Crippen LogP contribution in [0.25, 0.3) is 0 Å². The summed E-state index contributed by atoms with van der Waals surface area (Å²) in [6.07, 6.45) is 6.31. The van der Waals surface area contributed by atoms with Gasteiger partial charge in [0.15, 0.2) is 0 Å². The van der Waals surface area contributed by atoms with E-state index in [-0.39, 0.29) is 5.91 Å². The van der Waals surface area contributed by atoms with Crippen LogP contribution >= 0.6 is 0 Å². The number of nitrogens with one attached hydrogen (secondary N) is 2. The SMILES string of the molecule is CS(=O)(=O)Nc1cc(CNCCCc2ccccc2)cc(C(=O)N2CCCCC2)c1. The molecule has 1 aliphatic heterocycles. The fourth-order valence-corrected chi connectivity index (χ4v) is 4.31. The maximum atomic E-state index is 12.9. The molecule has 1 amide bonds. The van der Waals surface area contributed by atoms with Gasteiger partial charge in [-0.25, -0.2) is 8.42 Å². The first-order valence-corrected chi connectivity index (χ1v) is 12.5. The minimum atomic E-state index is -3.42. The predicted molar refractivity (Wildman–Crippen MR) is 121 cm³/mol. The minimum absolute atomic E-state index is 0.0304. The summed E-state index contributed by atoms with van der Waals surface area (Å²) in [5.41, 5.74) is 3.17. The summed E-state index contributed by atoms with van der Waals surface area (Å²) in [4.78, 5) is 14.8. The third-order valence-electron chi connectivity index (χ3n) is 5.18. The van der Waals surface area contributed by atoms with E-state index in [4.69, 9.17) is 0 Å². The van der Waals surface area contributed by atoms with E-state index in [1.807, 2.05) is 29.2 Å². The third kappa shape index (κ3) is 7.15. The van der Waals surface area contributed by atoms with Crippen molar-refractivity contribution in [3.63, 3.8) is 0 Å². The highest BCUT2D eigenvalue weighted by molar-refractivity contribution is 7.92. The number of hydrogen-bond donors (Lipinski definition) is 2. The zero-order valence-corrected chi connectivity index (χ0v) is 18.4. The topological polar surface area (TPSA) is 78.5 Å². The maximum absolute atomic E-state index is 12.9. The Hall–Kier alpha value is -2.38. The number of amides is 1. The Morgan fingerprint density at radius 2 is 1.73 bits per heavy atom. The summed E-state index contributed by atoms with van der Waals surface area (Å²) in [6.45, 7) is 2.94. The van der Waals surface area contributed by atoms with Crippen LogP contribution < -0.4 is 10.0 Å². The molecule has 2 N–H and O–H groups in total. The van der Waals surface area contributed by atoms with Crippen molar-refractivity contribution in [2.45, 2.75) is 38.6 Å². The van der Waals surface area contributed by atoms with Gasteiger partial charge >= 0.3 is 0 Å². The summed E-state index contributed by atoms with van der Waals surface area (Å²) >= 11 is 0. The molecule has 0 aromatic heterocycles. The van der Waals surface area contributed by atoms with Crippen molar-refractivity contribution in [1.82, 2.24) is 10.2 Å². The second kappa shape index (κ2) is 10.6. The number of piperidine rings is 1. The molecule has 30 heavy (non-hydrogen) atoms. The van der Waals surface area contributed by atoms with Gasteiger partial charge in [-0.05, 0) is 68.0 Å². The number of hydrogen-bond acceptors (Lipinski definition) is 4. The highest BCUT2D eigenvalue weighted by Crippen LogP contribution is 2.20. The molecule has 7 heteroatoms. The first-order valence-electron chi connectivity index (χ1n) is 10.6. The first-order chi connectivity index (χ1) is 14.4. The van der Waals surface area contributed by atoms with Crippen LogP contribution in [0.4, 0.5) is 5.69 Å². The fraction of sp³-hybridized carbons (Fsp3) is 0.435. The average Bonchev–Trinajstić information content (AvgIpc) is 2.73. The van der Waals surface area contributed by atoms with Gasteiger partial charge in [0.05, 0.1) is 6.26 Å². The summed E-state index contributed by atoms with van der Waals surface area (Å²) in [7, 11) is -3.42. The smallest absolute Gasteiger partial charge is 0.253 e. The van der Waals surface area contributed by atoms with E-state index in [1.54, 1.807) is 12.1 Å². The molecule has 2 aromatic carbocycles. The lowest BCUT2D eigenvalue weighted by atomic mass is 10.1. The molecule has 0 unspecified atom stereocenters. The van der Waals surface area contributed by atoms with Gasteiger partial charge < -0.3 is 10.2 Å². The van der Waals surface area contributed by atoms with Crippen molar-refractivity contribution < 1.29 is 13.2 Å². The average molecular weight is 430 g/mol. The van der Waals surface area contributed by atoms with Crippen LogP contribution in [0.5, 0.6) is 0 Å². The Bertz CT molecular complexity index is 939. The molecule has 162 valence electrons. The van der Waals surface area contributed by atoms with Gasteiger partial charge in [-0.3, -0.25) is 9.52 Å². The van der Waals surface area contributed by atoms with E-state index in [9.17, 15) is 13.2 Å². The number of sulfonamides is 1. The molecular weight excluding hydrogens is 398 g/mol. The lowest BCUT2D eigenvalue weighted by Gasteiger charge is -2.27. The van der Waals surface area contributed by atoms with Crippen LogP contribution in [-0.4, -0.2) is 45.1 Å². The van der Waals surface area contributed by atoms with E-state index in [2.05, 4.69) is 22.2 Å². The van der Waals surface area contributed by atoms with Crippen LogP contribution in [0.1, 0.15) is 47.2 Å². The molecule has 0 atom stereocenters. The number of rotatable bonds is 9. The number of benzene rings is 2. The fourth-order valence-electron chi connectivity index (χ4n) is 3.77. The normalized spacial score (nSPS) is 14.5. The summed E-state index contributed by atoms with van der Waals surface area (Å²) in [5, 5.41) is 3.41. The van der Waals surface area contributed by atoms with Crippen molar-refractivity contribution in [1.29, 1.82) is 0 Å². The Morgan fingerprint density at radius 1 is 1.00 bits per heavy atom. The van der Waals surface area contributed by atoms with Crippen LogP contribution in [0, 0.1) is 0 Å². The molecule has 0 saturated carbocycles. The Labute approximate surface area is 179 Å². The minimum Gasteiger partial charge on any atom is -0.339 e. The van der Waals surface area contributed by atoms with Crippen LogP contribution in [-0.2, 0) is 23.0 Å². The Morgan fingerprint density at radius 3 is 2.43 bits per heavy atom. The molecule has 3 rings (SSSR count). The molecule has 2 aromatic rings. The molecular formula is C23H31N3O3S. The molecule has 1 fully saturated rings. The zero-order valence-electron chi connectivity index (χ0n) is 17.6. The van der Waals surface area contributed by atoms with Crippen molar-refractivity contribution >= 4 is 21.6 Å². The molecule has 0 spiro atoms. The number of carbonyl (C=O) groups is 1. The van der Waals surface area contributed by atoms with E-state index >= 15 is 0 Å². The van der Waals surface area contributed by atoms with Crippen LogP contribution in [0.3, 0.4) is 0 Å². The van der Waals surface area contributed by atoms with Gasteiger partial charge in [0, 0.05) is 30.9 Å². The van der Waals surface area contributed by atoms with Crippen molar-refractivity contribution in [3.8, 4) is 0 Å². The lowest BCUT2D eigenvalue weighted by Crippen LogP contribution is -2.35. The van der Waals surface area contributed by atoms with Crippen LogP contribution in [0.15, 0.2) is 48.5 Å². The Balaban J connectivity index is 1.64. The number of anilines is 1. The van der Waals surface area contributed by atoms with Gasteiger partial charge in [-0.2, -0.15) is 0 Å². The second-order valence-corrected chi connectivity index (χ2v) is 9.66. The van der Waals surface area contributed by atoms with Gasteiger partial charge in [0.2, 0.25) is 10.0 Å². The van der Waals surface area contributed by atoms with Crippen molar-refractivity contribution in [3.05, 3.63) is 65.2 Å². The molecule has 6 nitrogen and oxygen atoms in total. The monoisotopic (exact) mass is 429 g/mol. The number of likely N-dealkylation sites (tertiary alicyclic amines) is 1. The van der Waals surface area contributed by atoms with Gasteiger partial charge in [-0.15, -0.1) is 0 Å². The number of aryl methyl sites for hydroxylation is 1. The van der Waals surface area contributed by atoms with E-state index in [0.717, 1.165) is 63.6 Å². The zero-order chi connectivity index (χ0) is 21.4. The summed E-state index contributed by atoms with van der Waals surface area (Å²) in [6, 6.07) is 15.7. The van der Waals surface area contributed by atoms with Gasteiger partial charge in [0.1, 0.15) is 0 Å². The second-order valence-electron chi connectivity index (χ2n) is 7.91. The van der Waals surface area contributed by atoms with Crippen LogP contribution in [0.2, 0.25) is 0 Å². The van der Waals surface area contributed by atoms with E-state index < -0.39 is 10.0 Å². The van der Waals surface area contributed by atoms with Gasteiger partial charge in [0.25, 0.3) is 5.91 Å². The number of carbonyl (C=O) groups excluding carboxylic acids is 1. The molecule has 0 radical (unpaired) electrons. The summed E-state index contributed by atoms with van der Waals surface area (Å²) < 4.78 is 25.9.